The lowest BCUT2D eigenvalue weighted by molar-refractivity contribution is -0.116. The normalized spacial score (nSPS) is 11.5. The SMILES string of the molecule is CC(=O)Nc1ccc(N[C@H](C)C(=O)Nc2ccc(Cl)cn2)cc1Cl. The first-order valence-electron chi connectivity index (χ1n) is 7.11. The van der Waals surface area contributed by atoms with Crippen LogP contribution >= 0.6 is 23.2 Å². The van der Waals surface area contributed by atoms with Crippen LogP contribution in [0.4, 0.5) is 17.2 Å². The van der Waals surface area contributed by atoms with Crippen LogP contribution in [0.15, 0.2) is 36.5 Å². The van der Waals surface area contributed by atoms with Crippen LogP contribution in [0.1, 0.15) is 13.8 Å². The first-order chi connectivity index (χ1) is 11.3. The van der Waals surface area contributed by atoms with E-state index < -0.39 is 6.04 Å². The van der Waals surface area contributed by atoms with Crippen molar-refractivity contribution in [3.63, 3.8) is 0 Å². The average molecular weight is 367 g/mol. The molecule has 1 heterocycles. The molecule has 2 aromatic rings. The van der Waals surface area contributed by atoms with Crippen LogP contribution in [0.2, 0.25) is 10.0 Å². The highest BCUT2D eigenvalue weighted by atomic mass is 35.5. The highest BCUT2D eigenvalue weighted by molar-refractivity contribution is 6.34. The maximum absolute atomic E-state index is 12.2. The zero-order valence-electron chi connectivity index (χ0n) is 13.1. The number of nitrogens with one attached hydrogen (secondary N) is 3. The lowest BCUT2D eigenvalue weighted by Gasteiger charge is -2.16. The number of nitrogens with zero attached hydrogens (tertiary/aromatic N) is 1. The van der Waals surface area contributed by atoms with Crippen molar-refractivity contribution in [2.24, 2.45) is 0 Å². The van der Waals surface area contributed by atoms with Crippen molar-refractivity contribution in [3.8, 4) is 0 Å². The monoisotopic (exact) mass is 366 g/mol. The van der Waals surface area contributed by atoms with Crippen LogP contribution in [-0.2, 0) is 9.59 Å². The Morgan fingerprint density at radius 1 is 1.12 bits per heavy atom. The summed E-state index contributed by atoms with van der Waals surface area (Å²) in [6.45, 7) is 3.11. The molecule has 0 fully saturated rings. The first-order valence-corrected chi connectivity index (χ1v) is 7.87. The van der Waals surface area contributed by atoms with Crippen LogP contribution in [0.5, 0.6) is 0 Å². The Morgan fingerprint density at radius 3 is 2.46 bits per heavy atom. The molecule has 2 amide bonds. The summed E-state index contributed by atoms with van der Waals surface area (Å²) in [5.41, 5.74) is 1.16. The summed E-state index contributed by atoms with van der Waals surface area (Å²) in [6, 6.07) is 7.76. The molecule has 0 saturated heterocycles. The minimum absolute atomic E-state index is 0.208. The van der Waals surface area contributed by atoms with Crippen molar-refractivity contribution >= 4 is 52.2 Å². The van der Waals surface area contributed by atoms with Crippen molar-refractivity contribution in [2.75, 3.05) is 16.0 Å². The second kappa shape index (κ2) is 7.99. The maximum atomic E-state index is 12.2. The molecule has 0 spiro atoms. The van der Waals surface area contributed by atoms with Gasteiger partial charge in [0.1, 0.15) is 11.9 Å². The fourth-order valence-corrected chi connectivity index (χ4v) is 2.24. The quantitative estimate of drug-likeness (QED) is 0.751. The molecule has 2 rings (SSSR count). The number of aromatic nitrogens is 1. The lowest BCUT2D eigenvalue weighted by Crippen LogP contribution is -2.32. The summed E-state index contributed by atoms with van der Waals surface area (Å²) in [4.78, 5) is 27.2. The Morgan fingerprint density at radius 2 is 1.88 bits per heavy atom. The zero-order chi connectivity index (χ0) is 17.7. The average Bonchev–Trinajstić information content (AvgIpc) is 2.52. The molecule has 0 bridgehead atoms. The molecule has 0 unspecified atom stereocenters. The van der Waals surface area contributed by atoms with E-state index in [1.165, 1.54) is 13.1 Å². The Hall–Kier alpha value is -2.31. The molecule has 6 nitrogen and oxygen atoms in total. The molecule has 0 aliphatic carbocycles. The fraction of sp³-hybridized carbons (Fsp3) is 0.188. The standard InChI is InChI=1S/C16H16Cl2N4O2/c1-9(16(24)22-15-6-3-11(17)8-19-15)20-12-4-5-14(13(18)7-12)21-10(2)23/h3-9,20H,1-2H3,(H,21,23)(H,19,22,24)/t9-/m1/s1. The summed E-state index contributed by atoms with van der Waals surface area (Å²) in [6.07, 6.45) is 1.45. The number of rotatable bonds is 5. The van der Waals surface area contributed by atoms with E-state index in [2.05, 4.69) is 20.9 Å². The lowest BCUT2D eigenvalue weighted by atomic mass is 10.2. The van der Waals surface area contributed by atoms with Gasteiger partial charge in [0.15, 0.2) is 0 Å². The number of anilines is 3. The maximum Gasteiger partial charge on any atom is 0.247 e. The molecule has 0 saturated carbocycles. The summed E-state index contributed by atoms with van der Waals surface area (Å²) < 4.78 is 0. The number of benzene rings is 1. The number of hydrogen-bond donors (Lipinski definition) is 3. The Balaban J connectivity index is 1.99. The molecule has 0 aliphatic heterocycles. The molecule has 1 atom stereocenters. The van der Waals surface area contributed by atoms with Gasteiger partial charge in [0.05, 0.1) is 15.7 Å². The molecule has 24 heavy (non-hydrogen) atoms. The Bertz CT molecular complexity index is 750. The van der Waals surface area contributed by atoms with Gasteiger partial charge in [-0.2, -0.15) is 0 Å². The molecule has 0 aliphatic rings. The zero-order valence-corrected chi connectivity index (χ0v) is 14.6. The van der Waals surface area contributed by atoms with Crippen LogP contribution in [0, 0.1) is 0 Å². The van der Waals surface area contributed by atoms with Gasteiger partial charge < -0.3 is 16.0 Å². The first kappa shape index (κ1) is 18.0. The molecule has 1 aromatic carbocycles. The molecular weight excluding hydrogens is 351 g/mol. The summed E-state index contributed by atoms with van der Waals surface area (Å²) in [5.74, 6) is -0.0511. The molecule has 1 aromatic heterocycles. The van der Waals surface area contributed by atoms with E-state index >= 15 is 0 Å². The third-order valence-electron chi connectivity index (χ3n) is 3.03. The summed E-state index contributed by atoms with van der Waals surface area (Å²) in [5, 5.41) is 9.20. The smallest absolute Gasteiger partial charge is 0.247 e. The van der Waals surface area contributed by atoms with Gasteiger partial charge in [0, 0.05) is 18.8 Å². The van der Waals surface area contributed by atoms with Gasteiger partial charge in [-0.05, 0) is 37.3 Å². The van der Waals surface area contributed by atoms with E-state index in [1.807, 2.05) is 0 Å². The third kappa shape index (κ3) is 5.11. The number of carbonyl (C=O) groups excluding carboxylic acids is 2. The van der Waals surface area contributed by atoms with Crippen molar-refractivity contribution in [1.82, 2.24) is 4.98 Å². The second-order valence-corrected chi connectivity index (χ2v) is 5.94. The van der Waals surface area contributed by atoms with Crippen molar-refractivity contribution in [2.45, 2.75) is 19.9 Å². The second-order valence-electron chi connectivity index (χ2n) is 5.09. The van der Waals surface area contributed by atoms with Gasteiger partial charge in [-0.15, -0.1) is 0 Å². The minimum Gasteiger partial charge on any atom is -0.374 e. The van der Waals surface area contributed by atoms with E-state index in [-0.39, 0.29) is 11.8 Å². The van der Waals surface area contributed by atoms with Gasteiger partial charge in [0.25, 0.3) is 0 Å². The molecular formula is C16H16Cl2N4O2. The van der Waals surface area contributed by atoms with Crippen LogP contribution in [-0.4, -0.2) is 22.8 Å². The molecule has 126 valence electrons. The van der Waals surface area contributed by atoms with Crippen LogP contribution in [0.3, 0.4) is 0 Å². The predicted octanol–water partition coefficient (Wildman–Crippen LogP) is 3.79. The minimum atomic E-state index is -0.523. The third-order valence-corrected chi connectivity index (χ3v) is 3.57. The van der Waals surface area contributed by atoms with Gasteiger partial charge in [-0.3, -0.25) is 9.59 Å². The summed E-state index contributed by atoms with van der Waals surface area (Å²) in [7, 11) is 0. The van der Waals surface area contributed by atoms with Crippen molar-refractivity contribution in [1.29, 1.82) is 0 Å². The molecule has 3 N–H and O–H groups in total. The van der Waals surface area contributed by atoms with Crippen molar-refractivity contribution in [3.05, 3.63) is 46.6 Å². The van der Waals surface area contributed by atoms with Crippen LogP contribution in [0.25, 0.3) is 0 Å². The van der Waals surface area contributed by atoms with Gasteiger partial charge in [0.2, 0.25) is 11.8 Å². The van der Waals surface area contributed by atoms with Gasteiger partial charge in [-0.25, -0.2) is 4.98 Å². The van der Waals surface area contributed by atoms with Crippen molar-refractivity contribution < 1.29 is 9.59 Å². The topological polar surface area (TPSA) is 83.1 Å². The largest absolute Gasteiger partial charge is 0.374 e. The number of amides is 2. The fourth-order valence-electron chi connectivity index (χ4n) is 1.90. The van der Waals surface area contributed by atoms with Gasteiger partial charge in [-0.1, -0.05) is 23.2 Å². The van der Waals surface area contributed by atoms with Gasteiger partial charge >= 0.3 is 0 Å². The highest BCUT2D eigenvalue weighted by Gasteiger charge is 2.14. The number of hydrogen-bond acceptors (Lipinski definition) is 4. The van der Waals surface area contributed by atoms with E-state index in [0.29, 0.717) is 27.2 Å². The Kier molecular flexibility index (Phi) is 6.00. The molecule has 0 radical (unpaired) electrons. The van der Waals surface area contributed by atoms with E-state index in [4.69, 9.17) is 23.2 Å². The number of carbonyl (C=O) groups is 2. The van der Waals surface area contributed by atoms with E-state index in [1.54, 1.807) is 37.3 Å². The Labute approximate surface area is 149 Å². The number of halogens is 2. The summed E-state index contributed by atoms with van der Waals surface area (Å²) >= 11 is 11.9. The van der Waals surface area contributed by atoms with E-state index in [0.717, 1.165) is 0 Å². The predicted molar refractivity (Wildman–Crippen MR) is 96.7 cm³/mol. The van der Waals surface area contributed by atoms with Crippen LogP contribution < -0.4 is 16.0 Å². The molecule has 8 heteroatoms. The highest BCUT2D eigenvalue weighted by Crippen LogP contribution is 2.26. The van der Waals surface area contributed by atoms with E-state index in [9.17, 15) is 9.59 Å². The number of pyridine rings is 1.